The molecule has 3 aromatic rings. The van der Waals surface area contributed by atoms with Crippen LogP contribution < -0.4 is 10.1 Å². The van der Waals surface area contributed by atoms with Crippen molar-refractivity contribution in [2.45, 2.75) is 45.8 Å². The summed E-state index contributed by atoms with van der Waals surface area (Å²) >= 11 is 6.17. The van der Waals surface area contributed by atoms with E-state index in [1.54, 1.807) is 7.11 Å². The molecule has 0 amide bonds. The van der Waals surface area contributed by atoms with Gasteiger partial charge in [0.1, 0.15) is 11.6 Å². The topological polar surface area (TPSA) is 39.1 Å². The second-order valence-corrected chi connectivity index (χ2v) is 6.93. The number of nitrogens with one attached hydrogen (secondary N) is 1. The lowest BCUT2D eigenvalue weighted by Gasteiger charge is -2.16. The second kappa shape index (κ2) is 8.56. The highest BCUT2D eigenvalue weighted by Crippen LogP contribution is 2.24. The van der Waals surface area contributed by atoms with Crippen LogP contribution in [-0.2, 0) is 13.1 Å². The predicted molar refractivity (Wildman–Crippen MR) is 108 cm³/mol. The van der Waals surface area contributed by atoms with Crippen LogP contribution in [0, 0.1) is 0 Å². The average molecular weight is 372 g/mol. The summed E-state index contributed by atoms with van der Waals surface area (Å²) in [7, 11) is 1.68. The Morgan fingerprint density at radius 3 is 2.65 bits per heavy atom. The van der Waals surface area contributed by atoms with E-state index >= 15 is 0 Å². The lowest BCUT2D eigenvalue weighted by molar-refractivity contribution is 0.415. The number of nitrogens with zero attached hydrogens (tertiary/aromatic N) is 2. The molecule has 3 rings (SSSR count). The first kappa shape index (κ1) is 18.7. The van der Waals surface area contributed by atoms with Gasteiger partial charge < -0.3 is 14.6 Å². The number of fused-ring (bicyclic) bond motifs is 1. The smallest absolute Gasteiger partial charge is 0.124 e. The van der Waals surface area contributed by atoms with E-state index < -0.39 is 0 Å². The lowest BCUT2D eigenvalue weighted by atomic mass is 10.2. The normalized spacial score (nSPS) is 11.4. The van der Waals surface area contributed by atoms with Crippen LogP contribution in [0.4, 0.5) is 0 Å². The number of hydrogen-bond acceptors (Lipinski definition) is 3. The zero-order valence-corrected chi connectivity index (χ0v) is 16.4. The average Bonchev–Trinajstić information content (AvgIpc) is 2.99. The number of benzene rings is 2. The third kappa shape index (κ3) is 4.19. The van der Waals surface area contributed by atoms with Crippen LogP contribution in [0.1, 0.15) is 38.1 Å². The van der Waals surface area contributed by atoms with Gasteiger partial charge in [-0.15, -0.1) is 0 Å². The Kier molecular flexibility index (Phi) is 6.17. The third-order valence-corrected chi connectivity index (χ3v) is 5.03. The summed E-state index contributed by atoms with van der Waals surface area (Å²) in [5.74, 6) is 1.85. The molecule has 1 heterocycles. The molecule has 0 fully saturated rings. The van der Waals surface area contributed by atoms with E-state index in [-0.39, 0.29) is 0 Å². The Hall–Kier alpha value is -2.04. The number of imidazole rings is 1. The highest BCUT2D eigenvalue weighted by Gasteiger charge is 2.13. The van der Waals surface area contributed by atoms with Crippen LogP contribution in [0.2, 0.25) is 5.02 Å². The van der Waals surface area contributed by atoms with Gasteiger partial charge in [-0.2, -0.15) is 0 Å². The van der Waals surface area contributed by atoms with Crippen molar-refractivity contribution in [1.29, 1.82) is 0 Å². The molecule has 0 unspecified atom stereocenters. The molecule has 138 valence electrons. The quantitative estimate of drug-likeness (QED) is 0.604. The summed E-state index contributed by atoms with van der Waals surface area (Å²) in [6, 6.07) is 14.5. The monoisotopic (exact) mass is 371 g/mol. The maximum Gasteiger partial charge on any atom is 0.124 e. The summed E-state index contributed by atoms with van der Waals surface area (Å²) in [5, 5.41) is 4.38. The van der Waals surface area contributed by atoms with Gasteiger partial charge in [0.2, 0.25) is 0 Å². The minimum Gasteiger partial charge on any atom is -0.497 e. The molecule has 0 bridgehead atoms. The maximum absolute atomic E-state index is 6.17. The standard InChI is InChI=1S/C21H26ClN3O/c1-4-17(5-2)23-13-21-24-19-12-18(26-3)9-10-20(19)25(21)14-15-7-6-8-16(22)11-15/h6-12,17,23H,4-5,13-14H2,1-3H3. The van der Waals surface area contributed by atoms with Crippen LogP contribution in [-0.4, -0.2) is 22.7 Å². The molecule has 1 N–H and O–H groups in total. The van der Waals surface area contributed by atoms with Gasteiger partial charge in [0.15, 0.2) is 0 Å². The Labute approximate surface area is 160 Å². The van der Waals surface area contributed by atoms with Gasteiger partial charge in [-0.3, -0.25) is 0 Å². The molecule has 0 atom stereocenters. The molecule has 0 aliphatic rings. The number of halogens is 1. The first-order valence-corrected chi connectivity index (χ1v) is 9.53. The van der Waals surface area contributed by atoms with E-state index in [1.807, 2.05) is 30.3 Å². The summed E-state index contributed by atoms with van der Waals surface area (Å²) in [6.07, 6.45) is 2.22. The zero-order valence-electron chi connectivity index (χ0n) is 15.6. The number of methoxy groups -OCH3 is 1. The van der Waals surface area contributed by atoms with E-state index in [2.05, 4.69) is 35.9 Å². The molecule has 0 aliphatic carbocycles. The van der Waals surface area contributed by atoms with Crippen LogP contribution in [0.3, 0.4) is 0 Å². The first-order chi connectivity index (χ1) is 12.6. The van der Waals surface area contributed by atoms with Crippen LogP contribution in [0.15, 0.2) is 42.5 Å². The number of hydrogen-bond donors (Lipinski definition) is 1. The molecule has 0 radical (unpaired) electrons. The Bertz CT molecular complexity index is 871. The molecule has 26 heavy (non-hydrogen) atoms. The van der Waals surface area contributed by atoms with Crippen molar-refractivity contribution in [3.05, 3.63) is 58.9 Å². The van der Waals surface area contributed by atoms with Crippen LogP contribution >= 0.6 is 11.6 Å². The van der Waals surface area contributed by atoms with Gasteiger partial charge in [0, 0.05) is 23.7 Å². The minimum absolute atomic E-state index is 0.504. The molecular formula is C21H26ClN3O. The highest BCUT2D eigenvalue weighted by atomic mass is 35.5. The van der Waals surface area contributed by atoms with Crippen molar-refractivity contribution in [3.63, 3.8) is 0 Å². The molecule has 0 aliphatic heterocycles. The summed E-state index contributed by atoms with van der Waals surface area (Å²) in [4.78, 5) is 4.87. The largest absolute Gasteiger partial charge is 0.497 e. The summed E-state index contributed by atoms with van der Waals surface area (Å²) in [6.45, 7) is 5.90. The van der Waals surface area contributed by atoms with Gasteiger partial charge in [-0.25, -0.2) is 4.98 Å². The van der Waals surface area contributed by atoms with Crippen LogP contribution in [0.25, 0.3) is 11.0 Å². The van der Waals surface area contributed by atoms with Crippen molar-refractivity contribution in [2.75, 3.05) is 7.11 Å². The molecule has 2 aromatic carbocycles. The number of rotatable bonds is 8. The number of ether oxygens (including phenoxy) is 1. The highest BCUT2D eigenvalue weighted by molar-refractivity contribution is 6.30. The molecular weight excluding hydrogens is 346 g/mol. The Morgan fingerprint density at radius 1 is 1.15 bits per heavy atom. The summed E-state index contributed by atoms with van der Waals surface area (Å²) < 4.78 is 7.62. The van der Waals surface area contributed by atoms with Gasteiger partial charge in [0.05, 0.1) is 24.7 Å². The van der Waals surface area contributed by atoms with E-state index in [0.29, 0.717) is 6.04 Å². The minimum atomic E-state index is 0.504. The SMILES string of the molecule is CCC(CC)NCc1nc2cc(OC)ccc2n1Cc1cccc(Cl)c1. The fourth-order valence-electron chi connectivity index (χ4n) is 3.23. The number of aromatic nitrogens is 2. The van der Waals surface area contributed by atoms with Gasteiger partial charge in [-0.1, -0.05) is 37.6 Å². The third-order valence-electron chi connectivity index (χ3n) is 4.80. The van der Waals surface area contributed by atoms with E-state index in [4.69, 9.17) is 21.3 Å². The van der Waals surface area contributed by atoms with Crippen molar-refractivity contribution >= 4 is 22.6 Å². The Morgan fingerprint density at radius 2 is 1.96 bits per heavy atom. The Balaban J connectivity index is 1.97. The van der Waals surface area contributed by atoms with Gasteiger partial charge >= 0.3 is 0 Å². The lowest BCUT2D eigenvalue weighted by Crippen LogP contribution is -2.28. The second-order valence-electron chi connectivity index (χ2n) is 6.49. The van der Waals surface area contributed by atoms with E-state index in [9.17, 15) is 0 Å². The molecule has 0 spiro atoms. The van der Waals surface area contributed by atoms with Gasteiger partial charge in [-0.05, 0) is 42.7 Å². The fraction of sp³-hybridized carbons (Fsp3) is 0.381. The van der Waals surface area contributed by atoms with Crippen molar-refractivity contribution in [2.24, 2.45) is 0 Å². The molecule has 5 heteroatoms. The van der Waals surface area contributed by atoms with E-state index in [0.717, 1.165) is 59.1 Å². The zero-order chi connectivity index (χ0) is 18.5. The van der Waals surface area contributed by atoms with Crippen molar-refractivity contribution in [3.8, 4) is 5.75 Å². The van der Waals surface area contributed by atoms with Crippen molar-refractivity contribution in [1.82, 2.24) is 14.9 Å². The summed E-state index contributed by atoms with van der Waals surface area (Å²) in [5.41, 5.74) is 3.22. The molecule has 0 saturated carbocycles. The van der Waals surface area contributed by atoms with E-state index in [1.165, 1.54) is 0 Å². The fourth-order valence-corrected chi connectivity index (χ4v) is 3.44. The maximum atomic E-state index is 6.17. The predicted octanol–water partition coefficient (Wildman–Crippen LogP) is 5.02. The molecule has 0 saturated heterocycles. The molecule has 4 nitrogen and oxygen atoms in total. The van der Waals surface area contributed by atoms with Crippen molar-refractivity contribution < 1.29 is 4.74 Å². The van der Waals surface area contributed by atoms with Crippen LogP contribution in [0.5, 0.6) is 5.75 Å². The molecule has 1 aromatic heterocycles. The first-order valence-electron chi connectivity index (χ1n) is 9.15. The van der Waals surface area contributed by atoms with Gasteiger partial charge in [0.25, 0.3) is 0 Å².